The summed E-state index contributed by atoms with van der Waals surface area (Å²) in [6.45, 7) is 4.05. The molecule has 3 aromatic rings. The molecule has 30 heavy (non-hydrogen) atoms. The Morgan fingerprint density at radius 3 is 2.30 bits per heavy atom. The van der Waals surface area contributed by atoms with Gasteiger partial charge in [0.15, 0.2) is 5.11 Å². The summed E-state index contributed by atoms with van der Waals surface area (Å²) in [6, 6.07) is 16.5. The molecule has 1 aliphatic heterocycles. The third-order valence-electron chi connectivity index (χ3n) is 4.94. The van der Waals surface area contributed by atoms with Gasteiger partial charge < -0.3 is 4.57 Å². The van der Waals surface area contributed by atoms with Crippen molar-refractivity contribution in [2.75, 3.05) is 4.90 Å². The van der Waals surface area contributed by atoms with E-state index in [4.69, 9.17) is 23.8 Å². The molecule has 5 nitrogen and oxygen atoms in total. The van der Waals surface area contributed by atoms with Gasteiger partial charge in [-0.2, -0.15) is 0 Å². The minimum absolute atomic E-state index is 0.00439. The van der Waals surface area contributed by atoms with E-state index in [1.54, 1.807) is 30.3 Å². The molecule has 0 aliphatic carbocycles. The quantitative estimate of drug-likeness (QED) is 0.372. The van der Waals surface area contributed by atoms with E-state index < -0.39 is 11.8 Å². The molecule has 1 fully saturated rings. The van der Waals surface area contributed by atoms with Crippen molar-refractivity contribution >= 4 is 52.5 Å². The van der Waals surface area contributed by atoms with Gasteiger partial charge in [-0.25, -0.2) is 0 Å². The molecule has 0 atom stereocenters. The Morgan fingerprint density at radius 2 is 1.63 bits per heavy atom. The summed E-state index contributed by atoms with van der Waals surface area (Å²) in [6.07, 6.45) is 3.50. The average molecular weight is 436 g/mol. The van der Waals surface area contributed by atoms with Gasteiger partial charge in [0.25, 0.3) is 11.8 Å². The molecule has 2 amide bonds. The van der Waals surface area contributed by atoms with Gasteiger partial charge in [0.2, 0.25) is 0 Å². The van der Waals surface area contributed by atoms with Crippen LogP contribution < -0.4 is 10.2 Å². The summed E-state index contributed by atoms with van der Waals surface area (Å²) in [4.78, 5) is 27.1. The number of hydrogen-bond acceptors (Lipinski definition) is 3. The van der Waals surface area contributed by atoms with E-state index in [2.05, 4.69) is 5.32 Å². The lowest BCUT2D eigenvalue weighted by Gasteiger charge is -2.29. The van der Waals surface area contributed by atoms with Crippen LogP contribution >= 0.6 is 23.8 Å². The van der Waals surface area contributed by atoms with Crippen LogP contribution in [0.1, 0.15) is 16.8 Å². The molecule has 0 spiro atoms. The molecule has 0 unspecified atom stereocenters. The van der Waals surface area contributed by atoms with Gasteiger partial charge in [0.1, 0.15) is 5.57 Å². The Morgan fingerprint density at radius 1 is 0.967 bits per heavy atom. The van der Waals surface area contributed by atoms with E-state index in [1.807, 2.05) is 54.9 Å². The molecular weight excluding hydrogens is 418 g/mol. The van der Waals surface area contributed by atoms with E-state index in [0.717, 1.165) is 22.5 Å². The number of aryl methyl sites for hydroxylation is 2. The molecule has 1 aliphatic rings. The van der Waals surface area contributed by atoms with E-state index in [9.17, 15) is 9.59 Å². The third-order valence-corrected chi connectivity index (χ3v) is 5.48. The fourth-order valence-corrected chi connectivity index (χ4v) is 3.94. The lowest BCUT2D eigenvalue weighted by molar-refractivity contribution is -0.122. The van der Waals surface area contributed by atoms with Gasteiger partial charge in [-0.05, 0) is 79.7 Å². The summed E-state index contributed by atoms with van der Waals surface area (Å²) in [7, 11) is 0. The number of amides is 2. The van der Waals surface area contributed by atoms with E-state index >= 15 is 0 Å². The van der Waals surface area contributed by atoms with Crippen LogP contribution in [0.25, 0.3) is 11.8 Å². The predicted molar refractivity (Wildman–Crippen MR) is 123 cm³/mol. The molecule has 1 aromatic heterocycles. The molecule has 150 valence electrons. The molecule has 1 N–H and O–H groups in total. The van der Waals surface area contributed by atoms with Crippen LogP contribution in [0.5, 0.6) is 0 Å². The second-order valence-electron chi connectivity index (χ2n) is 6.98. The number of halogens is 1. The molecule has 1 saturated heterocycles. The fourth-order valence-electron chi connectivity index (χ4n) is 3.53. The van der Waals surface area contributed by atoms with Gasteiger partial charge in [-0.3, -0.25) is 19.8 Å². The van der Waals surface area contributed by atoms with Crippen LogP contribution in [-0.2, 0) is 9.59 Å². The maximum atomic E-state index is 13.2. The predicted octanol–water partition coefficient (Wildman–Crippen LogP) is 4.58. The maximum Gasteiger partial charge on any atom is 0.270 e. The second kappa shape index (κ2) is 7.89. The largest absolute Gasteiger partial charge is 0.317 e. The van der Waals surface area contributed by atoms with E-state index in [0.29, 0.717) is 10.7 Å². The molecule has 4 rings (SSSR count). The zero-order chi connectivity index (χ0) is 21.4. The maximum absolute atomic E-state index is 13.2. The first-order valence-electron chi connectivity index (χ1n) is 9.28. The molecule has 0 bridgehead atoms. The van der Waals surface area contributed by atoms with Crippen molar-refractivity contribution in [1.29, 1.82) is 0 Å². The van der Waals surface area contributed by atoms with Crippen molar-refractivity contribution in [3.05, 3.63) is 88.2 Å². The summed E-state index contributed by atoms with van der Waals surface area (Å²) >= 11 is 11.2. The number of anilines is 1. The number of carbonyl (C=O) groups excluding carboxylic acids is 2. The number of nitrogens with one attached hydrogen (secondary N) is 1. The summed E-state index contributed by atoms with van der Waals surface area (Å²) < 4.78 is 1.97. The Balaban J connectivity index is 1.78. The smallest absolute Gasteiger partial charge is 0.270 e. The topological polar surface area (TPSA) is 54.3 Å². The zero-order valence-corrected chi connectivity index (χ0v) is 17.9. The first-order valence-corrected chi connectivity index (χ1v) is 10.1. The minimum Gasteiger partial charge on any atom is -0.317 e. The number of nitrogens with zero attached hydrogens (tertiary/aromatic N) is 2. The zero-order valence-electron chi connectivity index (χ0n) is 16.3. The third kappa shape index (κ3) is 3.56. The number of aromatic nitrogens is 1. The number of thiocarbonyl (C=S) groups is 1. The number of carbonyl (C=O) groups is 2. The van der Waals surface area contributed by atoms with Crippen molar-refractivity contribution in [2.24, 2.45) is 0 Å². The Hall–Kier alpha value is -3.22. The van der Waals surface area contributed by atoms with Crippen molar-refractivity contribution in [2.45, 2.75) is 13.8 Å². The second-order valence-corrected chi connectivity index (χ2v) is 7.80. The van der Waals surface area contributed by atoms with Crippen molar-refractivity contribution in [1.82, 2.24) is 9.88 Å². The molecule has 2 heterocycles. The number of rotatable bonds is 3. The summed E-state index contributed by atoms with van der Waals surface area (Å²) in [5, 5.41) is 3.18. The van der Waals surface area contributed by atoms with Crippen LogP contribution in [0.3, 0.4) is 0 Å². The van der Waals surface area contributed by atoms with Crippen molar-refractivity contribution in [3.8, 4) is 5.69 Å². The van der Waals surface area contributed by atoms with Crippen LogP contribution in [0, 0.1) is 13.8 Å². The fraction of sp³-hybridized carbons (Fsp3) is 0.0870. The monoisotopic (exact) mass is 435 g/mol. The van der Waals surface area contributed by atoms with Gasteiger partial charge in [-0.1, -0.05) is 29.8 Å². The van der Waals surface area contributed by atoms with Gasteiger partial charge >= 0.3 is 0 Å². The first-order chi connectivity index (χ1) is 14.4. The Kier molecular flexibility index (Phi) is 5.28. The molecule has 0 saturated carbocycles. The van der Waals surface area contributed by atoms with Gasteiger partial charge in [0.05, 0.1) is 11.4 Å². The Bertz CT molecular complexity index is 1190. The lowest BCUT2D eigenvalue weighted by Crippen LogP contribution is -2.54. The molecule has 2 aromatic carbocycles. The van der Waals surface area contributed by atoms with E-state index in [1.165, 1.54) is 4.90 Å². The SMILES string of the molecule is Cc1cccc(C)c1-n1cccc1C=C1C(=O)NC(=S)N(c2ccc(Cl)cc2)C1=O. The standard InChI is InChI=1S/C23H18ClN3O2S/c1-14-5-3-6-15(2)20(14)26-12-4-7-18(26)13-19-21(28)25-23(30)27(22(19)29)17-10-8-16(24)9-11-17/h3-13H,1-2H3,(H,25,28,30). The molecular formula is C23H18ClN3O2S. The highest BCUT2D eigenvalue weighted by Gasteiger charge is 2.34. The van der Waals surface area contributed by atoms with Crippen molar-refractivity contribution < 1.29 is 9.59 Å². The van der Waals surface area contributed by atoms with Crippen LogP contribution in [-0.4, -0.2) is 21.5 Å². The Labute approximate surface area is 184 Å². The number of benzene rings is 2. The summed E-state index contributed by atoms with van der Waals surface area (Å²) in [5.41, 5.74) is 4.46. The molecule has 7 heteroatoms. The highest BCUT2D eigenvalue weighted by Crippen LogP contribution is 2.26. The number of para-hydroxylation sites is 1. The lowest BCUT2D eigenvalue weighted by atomic mass is 10.1. The highest BCUT2D eigenvalue weighted by atomic mass is 35.5. The first kappa shape index (κ1) is 20.1. The highest BCUT2D eigenvalue weighted by molar-refractivity contribution is 7.80. The van der Waals surface area contributed by atoms with Gasteiger partial charge in [0, 0.05) is 16.9 Å². The van der Waals surface area contributed by atoms with Gasteiger partial charge in [-0.15, -0.1) is 0 Å². The van der Waals surface area contributed by atoms with E-state index in [-0.39, 0.29) is 10.7 Å². The molecule has 0 radical (unpaired) electrons. The van der Waals surface area contributed by atoms with Crippen LogP contribution in [0.15, 0.2) is 66.4 Å². The van der Waals surface area contributed by atoms with Crippen LogP contribution in [0.4, 0.5) is 5.69 Å². The minimum atomic E-state index is -0.524. The van der Waals surface area contributed by atoms with Crippen LogP contribution in [0.2, 0.25) is 5.02 Å². The van der Waals surface area contributed by atoms with Crippen molar-refractivity contribution in [3.63, 3.8) is 0 Å². The average Bonchev–Trinajstić information content (AvgIpc) is 3.14. The summed E-state index contributed by atoms with van der Waals surface area (Å²) in [5.74, 6) is -1.01. The normalized spacial score (nSPS) is 15.6. The number of hydrogen-bond donors (Lipinski definition) is 1.